The van der Waals surface area contributed by atoms with Crippen molar-refractivity contribution >= 4 is 34.1 Å². The summed E-state index contributed by atoms with van der Waals surface area (Å²) in [6, 6.07) is 15.3. The van der Waals surface area contributed by atoms with Gasteiger partial charge in [0, 0.05) is 18.6 Å². The zero-order valence-corrected chi connectivity index (χ0v) is 14.3. The van der Waals surface area contributed by atoms with Crippen LogP contribution in [0.15, 0.2) is 54.7 Å². The van der Waals surface area contributed by atoms with Crippen LogP contribution in [0.5, 0.6) is 0 Å². The fourth-order valence-electron chi connectivity index (χ4n) is 3.87. The Balaban J connectivity index is 1.56. The molecule has 5 nitrogen and oxygen atoms in total. The quantitative estimate of drug-likeness (QED) is 0.792. The second kappa shape index (κ2) is 5.14. The summed E-state index contributed by atoms with van der Waals surface area (Å²) in [5.74, 6) is -0.0530. The van der Waals surface area contributed by atoms with E-state index >= 15 is 0 Å². The lowest BCUT2D eigenvalue weighted by molar-refractivity contribution is -0.118. The molecule has 0 unspecified atom stereocenters. The Labute approximate surface area is 150 Å². The van der Waals surface area contributed by atoms with Gasteiger partial charge in [-0.3, -0.25) is 14.6 Å². The lowest BCUT2D eigenvalue weighted by Gasteiger charge is -2.17. The summed E-state index contributed by atoms with van der Waals surface area (Å²) in [6.07, 6.45) is 3.32. The number of hydrogen-bond donors (Lipinski definition) is 1. The molecule has 1 saturated carbocycles. The van der Waals surface area contributed by atoms with Crippen LogP contribution in [0.3, 0.4) is 0 Å². The van der Waals surface area contributed by atoms with Gasteiger partial charge in [0.05, 0.1) is 27.9 Å². The standard InChI is InChI=1S/C21H17N3O2/c1-24-16-8-7-15(18-17(16)14(19(24)25)9-12-22-18)23-20(26)21(10-11-21)13-5-3-2-4-6-13/h2-9,12H,10-11H2,1H3,(H,23,26). The third kappa shape index (κ3) is 1.94. The highest BCUT2D eigenvalue weighted by Crippen LogP contribution is 2.49. The summed E-state index contributed by atoms with van der Waals surface area (Å²) in [4.78, 5) is 31.5. The number of benzene rings is 2. The van der Waals surface area contributed by atoms with Crippen LogP contribution < -0.4 is 10.2 Å². The van der Waals surface area contributed by atoms with Crippen molar-refractivity contribution in [2.24, 2.45) is 0 Å². The number of aromatic nitrogens is 1. The smallest absolute Gasteiger partial charge is 0.258 e. The van der Waals surface area contributed by atoms with E-state index in [1.165, 1.54) is 0 Å². The van der Waals surface area contributed by atoms with Gasteiger partial charge in [-0.25, -0.2) is 0 Å². The van der Waals surface area contributed by atoms with Crippen LogP contribution >= 0.6 is 0 Å². The highest BCUT2D eigenvalue weighted by molar-refractivity contribution is 6.26. The number of nitrogens with zero attached hydrogens (tertiary/aromatic N) is 2. The van der Waals surface area contributed by atoms with Gasteiger partial charge < -0.3 is 10.2 Å². The van der Waals surface area contributed by atoms with Crippen molar-refractivity contribution in [2.75, 3.05) is 17.3 Å². The molecule has 2 heterocycles. The van der Waals surface area contributed by atoms with Crippen molar-refractivity contribution in [2.45, 2.75) is 18.3 Å². The summed E-state index contributed by atoms with van der Waals surface area (Å²) >= 11 is 0. The molecule has 0 radical (unpaired) electrons. The SMILES string of the molecule is CN1C(=O)c2ccnc3c(NC(=O)C4(c5ccccc5)CC4)ccc1c23. The molecule has 5 rings (SSSR count). The fraction of sp³-hybridized carbons (Fsp3) is 0.190. The highest BCUT2D eigenvalue weighted by Gasteiger charge is 2.51. The Kier molecular flexibility index (Phi) is 2.98. The van der Waals surface area contributed by atoms with Gasteiger partial charge in [0.15, 0.2) is 0 Å². The third-order valence-electron chi connectivity index (χ3n) is 5.53. The molecule has 2 amide bonds. The zero-order valence-electron chi connectivity index (χ0n) is 14.3. The van der Waals surface area contributed by atoms with Crippen molar-refractivity contribution < 1.29 is 9.59 Å². The van der Waals surface area contributed by atoms with E-state index in [9.17, 15) is 9.59 Å². The topological polar surface area (TPSA) is 62.3 Å². The number of nitrogens with one attached hydrogen (secondary N) is 1. The fourth-order valence-corrected chi connectivity index (χ4v) is 3.87. The van der Waals surface area contributed by atoms with Crippen LogP contribution in [0.4, 0.5) is 11.4 Å². The summed E-state index contributed by atoms with van der Waals surface area (Å²) in [7, 11) is 1.75. The second-order valence-electron chi connectivity index (χ2n) is 6.98. The van der Waals surface area contributed by atoms with Gasteiger partial charge in [-0.2, -0.15) is 0 Å². The van der Waals surface area contributed by atoms with Crippen molar-refractivity contribution in [3.8, 4) is 0 Å². The van der Waals surface area contributed by atoms with Crippen LogP contribution in [0, 0.1) is 0 Å². The molecular weight excluding hydrogens is 326 g/mol. The largest absolute Gasteiger partial charge is 0.323 e. The highest BCUT2D eigenvalue weighted by atomic mass is 16.2. The molecule has 3 aromatic rings. The lowest BCUT2D eigenvalue weighted by atomic mass is 9.95. The maximum Gasteiger partial charge on any atom is 0.258 e. The molecule has 0 bridgehead atoms. The summed E-state index contributed by atoms with van der Waals surface area (Å²) in [5, 5.41) is 3.87. The number of pyridine rings is 1. The number of amides is 2. The first kappa shape index (κ1) is 15.1. The molecule has 1 aromatic heterocycles. The van der Waals surface area contributed by atoms with Gasteiger partial charge in [-0.15, -0.1) is 0 Å². The normalized spacial score (nSPS) is 16.8. The summed E-state index contributed by atoms with van der Waals surface area (Å²) < 4.78 is 0. The number of hydrogen-bond acceptors (Lipinski definition) is 3. The number of anilines is 2. The minimum absolute atomic E-state index is 0.0103. The maximum absolute atomic E-state index is 13.0. The van der Waals surface area contributed by atoms with Crippen molar-refractivity contribution in [1.29, 1.82) is 0 Å². The molecule has 1 aliphatic heterocycles. The van der Waals surface area contributed by atoms with Crippen LogP contribution in [0.1, 0.15) is 28.8 Å². The molecule has 26 heavy (non-hydrogen) atoms. The van der Waals surface area contributed by atoms with Gasteiger partial charge in [-0.1, -0.05) is 30.3 Å². The van der Waals surface area contributed by atoms with Gasteiger partial charge in [-0.05, 0) is 36.6 Å². The first-order chi connectivity index (χ1) is 12.6. The summed E-state index contributed by atoms with van der Waals surface area (Å²) in [5.41, 5.74) is 3.38. The van der Waals surface area contributed by atoms with Crippen LogP contribution in [0.25, 0.3) is 10.9 Å². The van der Waals surface area contributed by atoms with E-state index in [-0.39, 0.29) is 11.8 Å². The lowest BCUT2D eigenvalue weighted by Crippen LogP contribution is -2.27. The summed E-state index contributed by atoms with van der Waals surface area (Å²) in [6.45, 7) is 0. The minimum Gasteiger partial charge on any atom is -0.323 e. The first-order valence-electron chi connectivity index (χ1n) is 8.68. The van der Waals surface area contributed by atoms with E-state index in [1.807, 2.05) is 42.5 Å². The molecule has 0 atom stereocenters. The van der Waals surface area contributed by atoms with Crippen molar-refractivity contribution in [1.82, 2.24) is 4.98 Å². The Bertz CT molecular complexity index is 1070. The van der Waals surface area contributed by atoms with E-state index in [1.54, 1.807) is 24.2 Å². The predicted molar refractivity (Wildman–Crippen MR) is 100 cm³/mol. The average Bonchev–Trinajstić information content (AvgIpc) is 3.45. The minimum atomic E-state index is -0.448. The second-order valence-corrected chi connectivity index (χ2v) is 6.98. The molecule has 1 N–H and O–H groups in total. The third-order valence-corrected chi connectivity index (χ3v) is 5.53. The van der Waals surface area contributed by atoms with Crippen molar-refractivity contribution in [3.05, 3.63) is 65.9 Å². The first-order valence-corrected chi connectivity index (χ1v) is 8.68. The van der Waals surface area contributed by atoms with Crippen LogP contribution in [-0.2, 0) is 10.2 Å². The van der Waals surface area contributed by atoms with Gasteiger partial charge >= 0.3 is 0 Å². The monoisotopic (exact) mass is 343 g/mol. The average molecular weight is 343 g/mol. The molecule has 1 fully saturated rings. The van der Waals surface area contributed by atoms with E-state index in [0.717, 1.165) is 29.5 Å². The Morgan fingerprint density at radius 1 is 1.12 bits per heavy atom. The molecule has 128 valence electrons. The molecule has 2 aliphatic rings. The van der Waals surface area contributed by atoms with Gasteiger partial charge in [0.25, 0.3) is 5.91 Å². The van der Waals surface area contributed by atoms with E-state index in [2.05, 4.69) is 10.3 Å². The van der Waals surface area contributed by atoms with E-state index in [4.69, 9.17) is 0 Å². The molecule has 2 aromatic carbocycles. The Hall–Kier alpha value is -3.21. The molecular formula is C21H17N3O2. The maximum atomic E-state index is 13.0. The van der Waals surface area contributed by atoms with Crippen LogP contribution in [-0.4, -0.2) is 23.8 Å². The molecule has 5 heteroatoms. The Morgan fingerprint density at radius 2 is 1.88 bits per heavy atom. The molecule has 0 spiro atoms. The number of rotatable bonds is 3. The van der Waals surface area contributed by atoms with Crippen molar-refractivity contribution in [3.63, 3.8) is 0 Å². The zero-order chi connectivity index (χ0) is 17.9. The van der Waals surface area contributed by atoms with Crippen LogP contribution in [0.2, 0.25) is 0 Å². The number of carbonyl (C=O) groups is 2. The number of carbonyl (C=O) groups excluding carboxylic acids is 2. The predicted octanol–water partition coefficient (Wildman–Crippen LogP) is 3.50. The van der Waals surface area contributed by atoms with E-state index < -0.39 is 5.41 Å². The van der Waals surface area contributed by atoms with Gasteiger partial charge in [0.2, 0.25) is 5.91 Å². The molecule has 1 aliphatic carbocycles. The Morgan fingerprint density at radius 3 is 2.62 bits per heavy atom. The van der Waals surface area contributed by atoms with Gasteiger partial charge in [0.1, 0.15) is 0 Å². The molecule has 0 saturated heterocycles. The van der Waals surface area contributed by atoms with E-state index in [0.29, 0.717) is 16.8 Å².